The molecule has 86 valence electrons. The smallest absolute Gasteiger partial charge is 0.0815 e. The van der Waals surface area contributed by atoms with Crippen molar-refractivity contribution in [3.05, 3.63) is 38.8 Å². The summed E-state index contributed by atoms with van der Waals surface area (Å²) in [4.78, 5) is 2.64. The Kier molecular flexibility index (Phi) is 3.63. The van der Waals surface area contributed by atoms with Crippen molar-refractivity contribution in [2.24, 2.45) is 0 Å². The van der Waals surface area contributed by atoms with Crippen LogP contribution in [0.1, 0.15) is 15.4 Å². The summed E-state index contributed by atoms with van der Waals surface area (Å²) in [5.41, 5.74) is 1.02. The summed E-state index contributed by atoms with van der Waals surface area (Å²) in [6.07, 6.45) is 1.69. The standard InChI is InChI=1S/C11H14ClN3S/c1-8-11(12)6-14-15(8)7-10-4-3-9(16-10)5-13-2/h3-4,6,13H,5,7H2,1-2H3. The van der Waals surface area contributed by atoms with E-state index in [-0.39, 0.29) is 0 Å². The van der Waals surface area contributed by atoms with Crippen molar-refractivity contribution in [3.8, 4) is 0 Å². The quantitative estimate of drug-likeness (QED) is 0.910. The van der Waals surface area contributed by atoms with Crippen LogP contribution in [0.25, 0.3) is 0 Å². The zero-order valence-electron chi connectivity index (χ0n) is 9.33. The molecule has 2 aromatic rings. The van der Waals surface area contributed by atoms with Gasteiger partial charge in [0.1, 0.15) is 0 Å². The van der Waals surface area contributed by atoms with Crippen molar-refractivity contribution >= 4 is 22.9 Å². The van der Waals surface area contributed by atoms with E-state index in [0.29, 0.717) is 0 Å². The predicted octanol–water partition coefficient (Wildman–Crippen LogP) is 2.67. The fourth-order valence-electron chi connectivity index (χ4n) is 1.51. The minimum Gasteiger partial charge on any atom is -0.315 e. The molecule has 1 N–H and O–H groups in total. The summed E-state index contributed by atoms with van der Waals surface area (Å²) in [7, 11) is 1.96. The Morgan fingerprint density at radius 3 is 2.81 bits per heavy atom. The second-order valence-electron chi connectivity index (χ2n) is 3.63. The van der Waals surface area contributed by atoms with E-state index in [4.69, 9.17) is 11.6 Å². The molecule has 0 aliphatic carbocycles. The topological polar surface area (TPSA) is 29.9 Å². The fraction of sp³-hybridized carbons (Fsp3) is 0.364. The SMILES string of the molecule is CNCc1ccc(Cn2ncc(Cl)c2C)s1. The Morgan fingerprint density at radius 1 is 1.44 bits per heavy atom. The van der Waals surface area contributed by atoms with Gasteiger partial charge in [0.25, 0.3) is 0 Å². The van der Waals surface area contributed by atoms with E-state index in [1.165, 1.54) is 9.75 Å². The van der Waals surface area contributed by atoms with Gasteiger partial charge in [-0.05, 0) is 26.1 Å². The van der Waals surface area contributed by atoms with Gasteiger partial charge in [-0.2, -0.15) is 5.10 Å². The number of hydrogen-bond acceptors (Lipinski definition) is 3. The Balaban J connectivity index is 2.11. The number of nitrogens with one attached hydrogen (secondary N) is 1. The highest BCUT2D eigenvalue weighted by Gasteiger charge is 2.06. The van der Waals surface area contributed by atoms with Crippen molar-refractivity contribution in [1.29, 1.82) is 0 Å². The maximum Gasteiger partial charge on any atom is 0.0815 e. The molecule has 5 heteroatoms. The molecule has 0 spiro atoms. The van der Waals surface area contributed by atoms with Gasteiger partial charge in [-0.25, -0.2) is 0 Å². The second-order valence-corrected chi connectivity index (χ2v) is 5.29. The molecule has 0 fully saturated rings. The molecule has 0 radical (unpaired) electrons. The van der Waals surface area contributed by atoms with Crippen LogP contribution in [0.15, 0.2) is 18.3 Å². The highest BCUT2D eigenvalue weighted by atomic mass is 35.5. The normalized spacial score (nSPS) is 10.9. The van der Waals surface area contributed by atoms with Crippen LogP contribution in [-0.4, -0.2) is 16.8 Å². The van der Waals surface area contributed by atoms with Crippen LogP contribution in [0.5, 0.6) is 0 Å². The fourth-order valence-corrected chi connectivity index (χ4v) is 2.66. The van der Waals surface area contributed by atoms with Crippen molar-refractivity contribution in [1.82, 2.24) is 15.1 Å². The van der Waals surface area contributed by atoms with Crippen molar-refractivity contribution in [3.63, 3.8) is 0 Å². The molecule has 0 aromatic carbocycles. The molecule has 2 rings (SSSR count). The highest BCUT2D eigenvalue weighted by Crippen LogP contribution is 2.20. The molecule has 0 amide bonds. The number of rotatable bonds is 4. The lowest BCUT2D eigenvalue weighted by molar-refractivity contribution is 0.672. The van der Waals surface area contributed by atoms with E-state index in [1.807, 2.05) is 18.7 Å². The van der Waals surface area contributed by atoms with E-state index in [1.54, 1.807) is 17.5 Å². The van der Waals surface area contributed by atoms with Crippen LogP contribution in [0.4, 0.5) is 0 Å². The number of halogens is 1. The predicted molar refractivity (Wildman–Crippen MR) is 68.2 cm³/mol. The first-order valence-electron chi connectivity index (χ1n) is 5.11. The van der Waals surface area contributed by atoms with E-state index >= 15 is 0 Å². The number of nitrogens with zero attached hydrogens (tertiary/aromatic N) is 2. The van der Waals surface area contributed by atoms with Crippen LogP contribution in [0.3, 0.4) is 0 Å². The summed E-state index contributed by atoms with van der Waals surface area (Å²) >= 11 is 7.76. The molecule has 16 heavy (non-hydrogen) atoms. The van der Waals surface area contributed by atoms with E-state index in [2.05, 4.69) is 22.5 Å². The van der Waals surface area contributed by atoms with Gasteiger partial charge < -0.3 is 5.32 Å². The first-order valence-corrected chi connectivity index (χ1v) is 6.30. The van der Waals surface area contributed by atoms with Crippen LogP contribution in [0, 0.1) is 6.92 Å². The van der Waals surface area contributed by atoms with Crippen molar-refractivity contribution in [2.75, 3.05) is 7.05 Å². The molecule has 0 saturated heterocycles. The molecule has 0 bridgehead atoms. The monoisotopic (exact) mass is 255 g/mol. The maximum absolute atomic E-state index is 5.96. The average Bonchev–Trinajstić information content (AvgIpc) is 2.82. The third-order valence-electron chi connectivity index (χ3n) is 2.42. The lowest BCUT2D eigenvalue weighted by Gasteiger charge is -2.01. The summed E-state index contributed by atoms with van der Waals surface area (Å²) in [5, 5.41) is 8.11. The van der Waals surface area contributed by atoms with Gasteiger partial charge in [0.15, 0.2) is 0 Å². The molecular weight excluding hydrogens is 242 g/mol. The minimum atomic E-state index is 0.729. The molecule has 0 atom stereocenters. The Morgan fingerprint density at radius 2 is 2.19 bits per heavy atom. The summed E-state index contributed by atoms with van der Waals surface area (Å²) < 4.78 is 1.93. The van der Waals surface area contributed by atoms with Crippen molar-refractivity contribution in [2.45, 2.75) is 20.0 Å². The molecule has 0 saturated carbocycles. The Bertz CT molecular complexity index is 475. The van der Waals surface area contributed by atoms with Gasteiger partial charge in [-0.15, -0.1) is 11.3 Å². The zero-order valence-corrected chi connectivity index (χ0v) is 10.9. The number of thiophene rings is 1. The molecular formula is C11H14ClN3S. The molecule has 0 aliphatic rings. The second kappa shape index (κ2) is 4.99. The Labute approximate surface area is 104 Å². The number of aromatic nitrogens is 2. The molecule has 2 heterocycles. The number of hydrogen-bond donors (Lipinski definition) is 1. The molecule has 0 aliphatic heterocycles. The van der Waals surface area contributed by atoms with E-state index in [9.17, 15) is 0 Å². The van der Waals surface area contributed by atoms with Gasteiger partial charge in [-0.1, -0.05) is 11.6 Å². The maximum atomic E-state index is 5.96. The zero-order chi connectivity index (χ0) is 11.5. The van der Waals surface area contributed by atoms with Crippen molar-refractivity contribution < 1.29 is 0 Å². The summed E-state index contributed by atoms with van der Waals surface area (Å²) in [6, 6.07) is 4.29. The largest absolute Gasteiger partial charge is 0.315 e. The minimum absolute atomic E-state index is 0.729. The van der Waals surface area contributed by atoms with Crippen LogP contribution < -0.4 is 5.32 Å². The first kappa shape index (κ1) is 11.6. The lowest BCUT2D eigenvalue weighted by atomic mass is 10.4. The van der Waals surface area contributed by atoms with E-state index < -0.39 is 0 Å². The highest BCUT2D eigenvalue weighted by molar-refractivity contribution is 7.11. The first-order chi connectivity index (χ1) is 7.70. The van der Waals surface area contributed by atoms with Crippen LogP contribution >= 0.6 is 22.9 Å². The molecule has 2 aromatic heterocycles. The van der Waals surface area contributed by atoms with Gasteiger partial charge in [0, 0.05) is 16.3 Å². The third-order valence-corrected chi connectivity index (χ3v) is 3.86. The molecule has 3 nitrogen and oxygen atoms in total. The lowest BCUT2D eigenvalue weighted by Crippen LogP contribution is -2.03. The summed E-state index contributed by atoms with van der Waals surface area (Å²) in [6.45, 7) is 3.70. The van der Waals surface area contributed by atoms with Crippen LogP contribution in [0.2, 0.25) is 5.02 Å². The van der Waals surface area contributed by atoms with E-state index in [0.717, 1.165) is 23.8 Å². The molecule has 0 unspecified atom stereocenters. The van der Waals surface area contributed by atoms with Gasteiger partial charge in [0.2, 0.25) is 0 Å². The Hall–Kier alpha value is -0.840. The van der Waals surface area contributed by atoms with Gasteiger partial charge in [0.05, 0.1) is 23.5 Å². The average molecular weight is 256 g/mol. The van der Waals surface area contributed by atoms with Gasteiger partial charge >= 0.3 is 0 Å². The third kappa shape index (κ3) is 2.45. The van der Waals surface area contributed by atoms with Crippen LogP contribution in [-0.2, 0) is 13.1 Å². The van der Waals surface area contributed by atoms with Gasteiger partial charge in [-0.3, -0.25) is 4.68 Å². The summed E-state index contributed by atoms with van der Waals surface area (Å²) in [5.74, 6) is 0.